The van der Waals surface area contributed by atoms with E-state index in [-0.39, 0.29) is 6.09 Å². The first-order valence-corrected chi connectivity index (χ1v) is 11.4. The second kappa shape index (κ2) is 7.93. The second-order valence-electron chi connectivity index (χ2n) is 8.38. The summed E-state index contributed by atoms with van der Waals surface area (Å²) in [5.74, 6) is 0.293. The Balaban J connectivity index is 1.73. The molecule has 0 fully saturated rings. The number of rotatable bonds is 3. The molecule has 31 heavy (non-hydrogen) atoms. The summed E-state index contributed by atoms with van der Waals surface area (Å²) in [6.45, 7) is 6.44. The number of nitrogen functional groups attached to an aromatic ring is 1. The van der Waals surface area contributed by atoms with Crippen molar-refractivity contribution in [2.24, 2.45) is 0 Å². The van der Waals surface area contributed by atoms with E-state index in [1.165, 1.54) is 0 Å². The van der Waals surface area contributed by atoms with E-state index in [2.05, 4.69) is 9.97 Å². The minimum atomic E-state index is -1.36. The molecular weight excluding hydrogens is 418 g/mol. The number of nitrogens with two attached hydrogens (primary N) is 1. The Morgan fingerprint density at radius 1 is 1.39 bits per heavy atom. The van der Waals surface area contributed by atoms with Crippen LogP contribution in [0.4, 0.5) is 10.7 Å². The van der Waals surface area contributed by atoms with E-state index in [9.17, 15) is 9.35 Å². The Morgan fingerprint density at radius 2 is 2.16 bits per heavy atom. The lowest BCUT2D eigenvalue weighted by Crippen LogP contribution is -2.39. The Bertz CT molecular complexity index is 1160. The van der Waals surface area contributed by atoms with Gasteiger partial charge in [0.25, 0.3) is 5.03 Å². The topological polar surface area (TPSA) is 122 Å². The van der Waals surface area contributed by atoms with Gasteiger partial charge in [0.15, 0.2) is 5.88 Å². The van der Waals surface area contributed by atoms with Gasteiger partial charge in [-0.05, 0) is 32.8 Å². The number of nitrogens with zero attached hydrogens (tertiary/aromatic N) is 4. The molecule has 164 valence electrons. The molecule has 1 aliphatic heterocycles. The predicted molar refractivity (Wildman–Crippen MR) is 118 cm³/mol. The summed E-state index contributed by atoms with van der Waals surface area (Å²) in [5, 5.41) is 0.371. The summed E-state index contributed by atoms with van der Waals surface area (Å²) in [6, 6.07) is 1.70. The zero-order valence-corrected chi connectivity index (χ0v) is 18.7. The zero-order valence-electron chi connectivity index (χ0n) is 17.9. The minimum absolute atomic E-state index is 0.293. The first-order chi connectivity index (χ1) is 14.6. The number of imidazole rings is 1. The lowest BCUT2D eigenvalue weighted by molar-refractivity contribution is 0.0273. The molecule has 1 amide bonds. The van der Waals surface area contributed by atoms with Gasteiger partial charge in [-0.2, -0.15) is 4.98 Å². The highest BCUT2D eigenvalue weighted by molar-refractivity contribution is 7.90. The standard InChI is InChI=1S/C21H25N5O4S/c1-21(2,3)30-20(27)25-7-5-6-13(10-25)15-11-26-16(14-8-17(22)29-12-14)9-23-18(26)19(24-15)31(4)28/h6,8-9,11-12H,5,7,10,22H2,1-4H3. The third-order valence-electron chi connectivity index (χ3n) is 4.78. The maximum atomic E-state index is 12.5. The van der Waals surface area contributed by atoms with E-state index in [0.29, 0.717) is 41.8 Å². The Labute approximate surface area is 183 Å². The molecule has 3 aromatic rings. The summed E-state index contributed by atoms with van der Waals surface area (Å²) in [5.41, 5.74) is 8.64. The van der Waals surface area contributed by atoms with Crippen molar-refractivity contribution >= 4 is 34.4 Å². The third kappa shape index (κ3) is 4.40. The molecule has 0 bridgehead atoms. The highest BCUT2D eigenvalue weighted by Crippen LogP contribution is 2.29. The van der Waals surface area contributed by atoms with Gasteiger partial charge < -0.3 is 24.3 Å². The average molecular weight is 444 g/mol. The van der Waals surface area contributed by atoms with E-state index < -0.39 is 16.8 Å². The van der Waals surface area contributed by atoms with Crippen molar-refractivity contribution in [3.63, 3.8) is 0 Å². The van der Waals surface area contributed by atoms with Crippen LogP contribution in [0.15, 0.2) is 40.2 Å². The Kier molecular flexibility index (Phi) is 5.44. The highest BCUT2D eigenvalue weighted by Gasteiger charge is 2.27. The first-order valence-electron chi connectivity index (χ1n) is 9.85. The number of anilines is 1. The van der Waals surface area contributed by atoms with Crippen LogP contribution < -0.4 is 5.73 Å². The summed E-state index contributed by atoms with van der Waals surface area (Å²) in [7, 11) is 0. The summed E-state index contributed by atoms with van der Waals surface area (Å²) in [6.07, 6.45) is 8.98. The van der Waals surface area contributed by atoms with E-state index in [1.54, 1.807) is 29.7 Å². The maximum Gasteiger partial charge on any atom is 0.410 e. The van der Waals surface area contributed by atoms with Gasteiger partial charge in [0, 0.05) is 35.5 Å². The van der Waals surface area contributed by atoms with Gasteiger partial charge in [-0.15, -0.1) is 0 Å². The first kappa shape index (κ1) is 21.3. The predicted octanol–water partition coefficient (Wildman–Crippen LogP) is 3.33. The van der Waals surface area contributed by atoms with Gasteiger partial charge in [-0.3, -0.25) is 4.40 Å². The minimum Gasteiger partial charge on any atom is -0.610 e. The van der Waals surface area contributed by atoms with Gasteiger partial charge in [0.1, 0.15) is 18.1 Å². The van der Waals surface area contributed by atoms with Crippen LogP contribution in [0.2, 0.25) is 0 Å². The molecule has 0 radical (unpaired) electrons. The smallest absolute Gasteiger partial charge is 0.410 e. The van der Waals surface area contributed by atoms with Crippen molar-refractivity contribution in [1.82, 2.24) is 19.3 Å². The Morgan fingerprint density at radius 3 is 2.81 bits per heavy atom. The molecule has 1 atom stereocenters. The van der Waals surface area contributed by atoms with Crippen molar-refractivity contribution in [1.29, 1.82) is 0 Å². The molecule has 2 N–H and O–H groups in total. The number of ether oxygens (including phenoxy) is 1. The van der Waals surface area contributed by atoms with Crippen LogP contribution in [0.3, 0.4) is 0 Å². The number of amides is 1. The summed E-state index contributed by atoms with van der Waals surface area (Å²) < 4.78 is 25.0. The molecule has 10 heteroatoms. The fourth-order valence-electron chi connectivity index (χ4n) is 3.42. The van der Waals surface area contributed by atoms with E-state index >= 15 is 0 Å². The van der Waals surface area contributed by atoms with E-state index in [0.717, 1.165) is 16.8 Å². The molecule has 1 unspecified atom stereocenters. The van der Waals surface area contributed by atoms with Crippen LogP contribution in [0.5, 0.6) is 0 Å². The number of fused-ring (bicyclic) bond motifs is 1. The molecule has 3 aromatic heterocycles. The van der Waals surface area contributed by atoms with Crippen molar-refractivity contribution < 1.29 is 18.5 Å². The molecule has 0 aromatic carbocycles. The summed E-state index contributed by atoms with van der Waals surface area (Å²) >= 11 is -1.36. The second-order valence-corrected chi connectivity index (χ2v) is 9.68. The lowest BCUT2D eigenvalue weighted by Gasteiger charge is -2.30. The number of aromatic nitrogens is 3. The number of carbonyl (C=O) groups excluding carboxylic acids is 1. The average Bonchev–Trinajstić information content (AvgIpc) is 3.31. The molecule has 0 aliphatic carbocycles. The molecule has 0 saturated carbocycles. The lowest BCUT2D eigenvalue weighted by atomic mass is 10.1. The van der Waals surface area contributed by atoms with Crippen molar-refractivity contribution in [3.8, 4) is 11.3 Å². The van der Waals surface area contributed by atoms with Crippen molar-refractivity contribution in [2.75, 3.05) is 25.1 Å². The van der Waals surface area contributed by atoms with Crippen LogP contribution in [0.25, 0.3) is 22.5 Å². The summed E-state index contributed by atoms with van der Waals surface area (Å²) in [4.78, 5) is 23.2. The van der Waals surface area contributed by atoms with Gasteiger partial charge in [0.05, 0.1) is 24.1 Å². The molecule has 1 aliphatic rings. The number of carbonyl (C=O) groups is 1. The van der Waals surface area contributed by atoms with E-state index in [1.807, 2.05) is 37.4 Å². The number of hydrogen-bond acceptors (Lipinski definition) is 7. The van der Waals surface area contributed by atoms with Gasteiger partial charge in [0.2, 0.25) is 5.65 Å². The molecule has 0 saturated heterocycles. The van der Waals surface area contributed by atoms with Gasteiger partial charge in [-0.1, -0.05) is 6.08 Å². The van der Waals surface area contributed by atoms with E-state index in [4.69, 9.17) is 14.9 Å². The zero-order chi connectivity index (χ0) is 22.3. The Hall–Kier alpha value is -2.98. The molecule has 0 spiro atoms. The van der Waals surface area contributed by atoms with Crippen LogP contribution >= 0.6 is 0 Å². The van der Waals surface area contributed by atoms with Crippen LogP contribution in [-0.4, -0.2) is 54.9 Å². The molecule has 4 heterocycles. The van der Waals surface area contributed by atoms with Gasteiger partial charge in [-0.25, -0.2) is 9.78 Å². The molecule has 4 rings (SSSR count). The largest absolute Gasteiger partial charge is 0.610 e. The fraction of sp³-hybridized carbons (Fsp3) is 0.381. The quantitative estimate of drug-likeness (QED) is 0.616. The van der Waals surface area contributed by atoms with Crippen molar-refractivity contribution in [2.45, 2.75) is 37.8 Å². The number of furan rings is 1. The molecular formula is C21H25N5O4S. The number of hydrogen-bond donors (Lipinski definition) is 1. The van der Waals surface area contributed by atoms with Crippen molar-refractivity contribution in [3.05, 3.63) is 36.5 Å². The molecule has 9 nitrogen and oxygen atoms in total. The van der Waals surface area contributed by atoms with Crippen LogP contribution in [-0.2, 0) is 15.9 Å². The SMILES string of the molecule is C[S+]([O-])c1nc(C2=CCCN(C(=O)OC(C)(C)C)C2)cn2c(-c3coc(N)c3)cnc12. The van der Waals surface area contributed by atoms with Crippen LogP contribution in [0, 0.1) is 0 Å². The van der Waals surface area contributed by atoms with Crippen LogP contribution in [0.1, 0.15) is 32.9 Å². The monoisotopic (exact) mass is 443 g/mol. The maximum absolute atomic E-state index is 12.5. The van der Waals surface area contributed by atoms with Gasteiger partial charge >= 0.3 is 6.09 Å². The third-order valence-corrected chi connectivity index (χ3v) is 5.60. The highest BCUT2D eigenvalue weighted by atomic mass is 32.2. The normalized spacial score (nSPS) is 15.8. The fourth-order valence-corrected chi connectivity index (χ4v) is 4.06.